The predicted octanol–water partition coefficient (Wildman–Crippen LogP) is 3.90. The molecule has 0 fully saturated rings. The Hall–Kier alpha value is -0.910. The summed E-state index contributed by atoms with van der Waals surface area (Å²) in [5.74, 6) is 0. The molecule has 2 aromatic rings. The van der Waals surface area contributed by atoms with Crippen LogP contribution in [0.1, 0.15) is 23.8 Å². The number of nitrogens with two attached hydrogens (primary N) is 1. The van der Waals surface area contributed by atoms with Gasteiger partial charge in [-0.1, -0.05) is 41.1 Å². The molecule has 1 heterocycles. The van der Waals surface area contributed by atoms with Crippen LogP contribution in [-0.2, 0) is 13.1 Å². The van der Waals surface area contributed by atoms with E-state index in [0.717, 1.165) is 26.1 Å². The van der Waals surface area contributed by atoms with E-state index in [4.69, 9.17) is 5.73 Å². The van der Waals surface area contributed by atoms with Gasteiger partial charge >= 0.3 is 0 Å². The first-order valence-electron chi connectivity index (χ1n) is 6.35. The lowest BCUT2D eigenvalue weighted by Gasteiger charge is -2.21. The summed E-state index contributed by atoms with van der Waals surface area (Å²) in [5, 5.41) is 0.646. The second-order valence-corrected chi connectivity index (χ2v) is 6.47. The van der Waals surface area contributed by atoms with Gasteiger partial charge in [-0.25, -0.2) is 4.98 Å². The lowest BCUT2D eigenvalue weighted by atomic mass is 10.2. The molecule has 0 aliphatic heterocycles. The van der Waals surface area contributed by atoms with E-state index in [-0.39, 0.29) is 0 Å². The highest BCUT2D eigenvalue weighted by Gasteiger charge is 2.10. The van der Waals surface area contributed by atoms with Crippen LogP contribution in [0, 0.1) is 0 Å². The Morgan fingerprint density at radius 1 is 1.32 bits per heavy atom. The molecule has 3 nitrogen and oxygen atoms in total. The molecule has 0 saturated carbocycles. The molecule has 0 atom stereocenters. The molecule has 2 N–H and O–H groups in total. The molecule has 0 amide bonds. The number of halogens is 1. The summed E-state index contributed by atoms with van der Waals surface area (Å²) in [4.78, 5) is 7.76. The maximum Gasteiger partial charge on any atom is 0.180 e. The minimum absolute atomic E-state index is 0.646. The number of hydrogen-bond acceptors (Lipinski definition) is 4. The highest BCUT2D eigenvalue weighted by Crippen LogP contribution is 2.21. The third-order valence-corrected chi connectivity index (χ3v) is 4.43. The summed E-state index contributed by atoms with van der Waals surface area (Å²) >= 11 is 5.18. The van der Waals surface area contributed by atoms with Crippen molar-refractivity contribution >= 4 is 32.4 Å². The zero-order valence-corrected chi connectivity index (χ0v) is 13.4. The average Bonchev–Trinajstić information content (AvgIpc) is 2.78. The minimum atomic E-state index is 0.646. The molecule has 2 rings (SSSR count). The van der Waals surface area contributed by atoms with Crippen molar-refractivity contribution in [2.24, 2.45) is 0 Å². The van der Waals surface area contributed by atoms with E-state index in [9.17, 15) is 0 Å². The zero-order chi connectivity index (χ0) is 13.7. The highest BCUT2D eigenvalue weighted by atomic mass is 79.9. The Balaban J connectivity index is 2.06. The van der Waals surface area contributed by atoms with Gasteiger partial charge in [-0.15, -0.1) is 11.3 Å². The first kappa shape index (κ1) is 14.5. The predicted molar refractivity (Wildman–Crippen MR) is 85.1 cm³/mol. The van der Waals surface area contributed by atoms with Crippen molar-refractivity contribution < 1.29 is 0 Å². The van der Waals surface area contributed by atoms with Crippen molar-refractivity contribution in [1.82, 2.24) is 9.88 Å². The van der Waals surface area contributed by atoms with Crippen LogP contribution in [0.5, 0.6) is 0 Å². The van der Waals surface area contributed by atoms with Gasteiger partial charge in [0.2, 0.25) is 0 Å². The number of thiazole rings is 1. The quantitative estimate of drug-likeness (QED) is 0.867. The van der Waals surface area contributed by atoms with Gasteiger partial charge in [-0.2, -0.15) is 0 Å². The molecule has 19 heavy (non-hydrogen) atoms. The van der Waals surface area contributed by atoms with Gasteiger partial charge in [0.05, 0.1) is 0 Å². The van der Waals surface area contributed by atoms with Crippen LogP contribution in [0.4, 0.5) is 5.13 Å². The summed E-state index contributed by atoms with van der Waals surface area (Å²) < 4.78 is 1.17. The van der Waals surface area contributed by atoms with E-state index < -0.39 is 0 Å². The van der Waals surface area contributed by atoms with Crippen molar-refractivity contribution in [2.45, 2.75) is 26.4 Å². The molecular weight excluding hydrogens is 322 g/mol. The molecule has 0 aliphatic carbocycles. The van der Waals surface area contributed by atoms with Gasteiger partial charge in [0, 0.05) is 28.6 Å². The van der Waals surface area contributed by atoms with E-state index in [1.807, 2.05) is 12.3 Å². The third kappa shape index (κ3) is 4.30. The second-order valence-electron chi connectivity index (χ2n) is 4.47. The van der Waals surface area contributed by atoms with Crippen molar-refractivity contribution in [3.05, 3.63) is 45.4 Å². The van der Waals surface area contributed by atoms with Crippen LogP contribution in [-0.4, -0.2) is 16.4 Å². The summed E-state index contributed by atoms with van der Waals surface area (Å²) in [6.07, 6.45) is 3.02. The van der Waals surface area contributed by atoms with Crippen molar-refractivity contribution in [2.75, 3.05) is 12.3 Å². The SMILES string of the molecule is CCCN(Cc1cnc(N)s1)Cc1ccccc1Br. The zero-order valence-electron chi connectivity index (χ0n) is 11.0. The van der Waals surface area contributed by atoms with Crippen molar-refractivity contribution in [1.29, 1.82) is 0 Å². The number of anilines is 1. The van der Waals surface area contributed by atoms with Gasteiger partial charge in [0.15, 0.2) is 5.13 Å². The molecule has 0 bridgehead atoms. The highest BCUT2D eigenvalue weighted by molar-refractivity contribution is 9.10. The fourth-order valence-electron chi connectivity index (χ4n) is 2.01. The first-order chi connectivity index (χ1) is 9.19. The van der Waals surface area contributed by atoms with E-state index in [1.165, 1.54) is 14.9 Å². The molecule has 5 heteroatoms. The average molecular weight is 340 g/mol. The molecule has 0 unspecified atom stereocenters. The van der Waals surface area contributed by atoms with E-state index in [2.05, 4.69) is 50.9 Å². The van der Waals surface area contributed by atoms with Gasteiger partial charge in [-0.05, 0) is 24.6 Å². The van der Waals surface area contributed by atoms with Gasteiger partial charge in [-0.3, -0.25) is 4.90 Å². The Morgan fingerprint density at radius 2 is 2.11 bits per heavy atom. The molecule has 1 aromatic carbocycles. The summed E-state index contributed by atoms with van der Waals surface area (Å²) in [5.41, 5.74) is 7.00. The number of aromatic nitrogens is 1. The normalized spacial score (nSPS) is 11.1. The minimum Gasteiger partial charge on any atom is -0.375 e. The van der Waals surface area contributed by atoms with Crippen LogP contribution in [0.15, 0.2) is 34.9 Å². The number of nitrogen functional groups attached to an aromatic ring is 1. The Kier molecular flexibility index (Phi) is 5.36. The standard InChI is InChI=1S/C14H18BrN3S/c1-2-7-18(10-12-8-17-14(16)19-12)9-11-5-3-4-6-13(11)15/h3-6,8H,2,7,9-10H2,1H3,(H2,16,17). The summed E-state index contributed by atoms with van der Waals surface area (Å²) in [6, 6.07) is 8.37. The van der Waals surface area contributed by atoms with Crippen molar-refractivity contribution in [3.8, 4) is 0 Å². The van der Waals surface area contributed by atoms with E-state index in [0.29, 0.717) is 5.13 Å². The molecule has 0 saturated heterocycles. The van der Waals surface area contributed by atoms with Crippen LogP contribution in [0.25, 0.3) is 0 Å². The van der Waals surface area contributed by atoms with Crippen molar-refractivity contribution in [3.63, 3.8) is 0 Å². The van der Waals surface area contributed by atoms with Gasteiger partial charge in [0.1, 0.15) is 0 Å². The Labute approximate surface area is 126 Å². The third-order valence-electron chi connectivity index (χ3n) is 2.84. The second kappa shape index (κ2) is 7.03. The largest absolute Gasteiger partial charge is 0.375 e. The summed E-state index contributed by atoms with van der Waals surface area (Å²) in [6.45, 7) is 5.12. The molecule has 102 valence electrons. The Bertz CT molecular complexity index is 527. The molecule has 0 aliphatic rings. The molecule has 0 radical (unpaired) electrons. The van der Waals surface area contributed by atoms with Crippen LogP contribution < -0.4 is 5.73 Å². The fourth-order valence-corrected chi connectivity index (χ4v) is 3.15. The van der Waals surface area contributed by atoms with E-state index >= 15 is 0 Å². The number of hydrogen-bond donors (Lipinski definition) is 1. The maximum atomic E-state index is 5.69. The monoisotopic (exact) mass is 339 g/mol. The van der Waals surface area contributed by atoms with Gasteiger partial charge < -0.3 is 5.73 Å². The Morgan fingerprint density at radius 3 is 2.74 bits per heavy atom. The number of nitrogens with zero attached hydrogens (tertiary/aromatic N) is 2. The topological polar surface area (TPSA) is 42.2 Å². The molecular formula is C14H18BrN3S. The number of rotatable bonds is 6. The lowest BCUT2D eigenvalue weighted by Crippen LogP contribution is -2.23. The smallest absolute Gasteiger partial charge is 0.180 e. The maximum absolute atomic E-state index is 5.69. The van der Waals surface area contributed by atoms with Crippen LogP contribution in [0.2, 0.25) is 0 Å². The summed E-state index contributed by atoms with van der Waals surface area (Å²) in [7, 11) is 0. The van der Waals surface area contributed by atoms with E-state index in [1.54, 1.807) is 11.3 Å². The molecule has 0 spiro atoms. The first-order valence-corrected chi connectivity index (χ1v) is 7.96. The molecule has 1 aromatic heterocycles. The van der Waals surface area contributed by atoms with Gasteiger partial charge in [0.25, 0.3) is 0 Å². The fraction of sp³-hybridized carbons (Fsp3) is 0.357. The van der Waals surface area contributed by atoms with Crippen LogP contribution >= 0.6 is 27.3 Å². The van der Waals surface area contributed by atoms with Crippen LogP contribution in [0.3, 0.4) is 0 Å². The lowest BCUT2D eigenvalue weighted by molar-refractivity contribution is 0.259. The number of benzene rings is 1.